The third kappa shape index (κ3) is 3.04. The Labute approximate surface area is 141 Å². The van der Waals surface area contributed by atoms with E-state index in [0.717, 1.165) is 0 Å². The van der Waals surface area contributed by atoms with Crippen molar-refractivity contribution in [2.45, 2.75) is 6.42 Å². The Morgan fingerprint density at radius 1 is 1.26 bits per heavy atom. The highest BCUT2D eigenvalue weighted by Gasteiger charge is 2.30. The molecule has 6 nitrogen and oxygen atoms in total. The van der Waals surface area contributed by atoms with Crippen LogP contribution in [0.4, 0.5) is 5.69 Å². The van der Waals surface area contributed by atoms with Crippen LogP contribution in [0.2, 0.25) is 10.0 Å². The van der Waals surface area contributed by atoms with Crippen molar-refractivity contribution in [2.24, 2.45) is 5.92 Å². The van der Waals surface area contributed by atoms with Gasteiger partial charge in [-0.3, -0.25) is 9.59 Å². The zero-order valence-electron chi connectivity index (χ0n) is 11.9. The summed E-state index contributed by atoms with van der Waals surface area (Å²) in [6, 6.07) is 6.65. The zero-order valence-corrected chi connectivity index (χ0v) is 13.5. The van der Waals surface area contributed by atoms with Crippen LogP contribution in [-0.2, 0) is 4.79 Å². The second-order valence-electron chi connectivity index (χ2n) is 5.31. The normalized spacial score (nSPS) is 17.5. The smallest absolute Gasteiger partial charge is 0.308 e. The fraction of sp³-hybridized carbons (Fsp3) is 0.267. The molecule has 0 saturated carbocycles. The second kappa shape index (κ2) is 6.22. The molecule has 2 aromatic rings. The van der Waals surface area contributed by atoms with Gasteiger partial charge < -0.3 is 10.0 Å². The van der Waals surface area contributed by atoms with Gasteiger partial charge in [0.15, 0.2) is 0 Å². The quantitative estimate of drug-likeness (QED) is 0.917. The Bertz CT molecular complexity index is 805. The number of benzene rings is 1. The lowest BCUT2D eigenvalue weighted by Crippen LogP contribution is -2.28. The molecule has 1 N–H and O–H groups in total. The van der Waals surface area contributed by atoms with Gasteiger partial charge in [0.1, 0.15) is 5.02 Å². The molecule has 1 saturated heterocycles. The highest BCUT2D eigenvalue weighted by molar-refractivity contribution is 6.33. The molecule has 1 aromatic carbocycles. The van der Waals surface area contributed by atoms with E-state index in [1.165, 1.54) is 10.9 Å². The third-order valence-electron chi connectivity index (χ3n) is 3.85. The lowest BCUT2D eigenvalue weighted by molar-refractivity contribution is -0.140. The summed E-state index contributed by atoms with van der Waals surface area (Å²) in [6.45, 7) is 0.851. The number of carboxylic acids is 1. The maximum atomic E-state index is 12.4. The van der Waals surface area contributed by atoms with E-state index in [1.54, 1.807) is 29.2 Å². The van der Waals surface area contributed by atoms with Gasteiger partial charge in [-0.25, -0.2) is 0 Å². The van der Waals surface area contributed by atoms with Gasteiger partial charge in [0.25, 0.3) is 5.56 Å². The van der Waals surface area contributed by atoms with E-state index in [9.17, 15) is 9.59 Å². The van der Waals surface area contributed by atoms with Crippen molar-refractivity contribution in [1.82, 2.24) is 9.78 Å². The predicted molar refractivity (Wildman–Crippen MR) is 87.8 cm³/mol. The van der Waals surface area contributed by atoms with Crippen LogP contribution in [0.3, 0.4) is 0 Å². The van der Waals surface area contributed by atoms with Crippen LogP contribution in [0, 0.1) is 5.92 Å². The molecule has 0 aliphatic carbocycles. The molecule has 2 heterocycles. The summed E-state index contributed by atoms with van der Waals surface area (Å²) in [5.74, 6) is -1.30. The predicted octanol–water partition coefficient (Wildman–Crippen LogP) is 2.45. The summed E-state index contributed by atoms with van der Waals surface area (Å²) in [5.41, 5.74) is 0.563. The van der Waals surface area contributed by atoms with Gasteiger partial charge in [0.2, 0.25) is 0 Å². The Morgan fingerprint density at radius 2 is 1.96 bits per heavy atom. The number of carboxylic acid groups (broad SMARTS) is 1. The van der Waals surface area contributed by atoms with Gasteiger partial charge in [-0.05, 0) is 30.7 Å². The van der Waals surface area contributed by atoms with Crippen molar-refractivity contribution in [1.29, 1.82) is 0 Å². The maximum absolute atomic E-state index is 12.4. The molecule has 120 valence electrons. The molecule has 0 spiro atoms. The van der Waals surface area contributed by atoms with Crippen LogP contribution < -0.4 is 10.5 Å². The number of carbonyl (C=O) groups is 1. The molecule has 1 aliphatic rings. The van der Waals surface area contributed by atoms with Gasteiger partial charge in [-0.15, -0.1) is 0 Å². The van der Waals surface area contributed by atoms with Gasteiger partial charge >= 0.3 is 5.97 Å². The number of halogens is 2. The minimum Gasteiger partial charge on any atom is -0.481 e. The first kappa shape index (κ1) is 15.8. The van der Waals surface area contributed by atoms with Gasteiger partial charge in [-0.2, -0.15) is 9.78 Å². The summed E-state index contributed by atoms with van der Waals surface area (Å²) < 4.78 is 1.19. The third-order valence-corrected chi connectivity index (χ3v) is 4.46. The summed E-state index contributed by atoms with van der Waals surface area (Å²) in [5, 5.41) is 13.8. The van der Waals surface area contributed by atoms with Crippen molar-refractivity contribution in [3.8, 4) is 5.69 Å². The zero-order chi connectivity index (χ0) is 16.6. The molecule has 1 aromatic heterocycles. The number of hydrogen-bond acceptors (Lipinski definition) is 4. The minimum atomic E-state index is -0.842. The van der Waals surface area contributed by atoms with E-state index in [2.05, 4.69) is 5.10 Å². The first-order chi connectivity index (χ1) is 11.0. The molecule has 0 amide bonds. The highest BCUT2D eigenvalue weighted by atomic mass is 35.5. The summed E-state index contributed by atoms with van der Waals surface area (Å²) in [4.78, 5) is 25.3. The Hall–Kier alpha value is -2.05. The highest BCUT2D eigenvalue weighted by Crippen LogP contribution is 2.28. The molecule has 1 unspecified atom stereocenters. The second-order valence-corrected chi connectivity index (χ2v) is 6.12. The fourth-order valence-electron chi connectivity index (χ4n) is 2.59. The first-order valence-electron chi connectivity index (χ1n) is 6.99. The number of aliphatic carboxylic acids is 1. The van der Waals surface area contributed by atoms with E-state index in [4.69, 9.17) is 28.3 Å². The molecule has 8 heteroatoms. The van der Waals surface area contributed by atoms with Crippen molar-refractivity contribution >= 4 is 34.9 Å². The largest absolute Gasteiger partial charge is 0.481 e. The van der Waals surface area contributed by atoms with Crippen LogP contribution in [0.5, 0.6) is 0 Å². The molecule has 1 aliphatic heterocycles. The molecular weight excluding hydrogens is 341 g/mol. The van der Waals surface area contributed by atoms with Crippen LogP contribution in [0.1, 0.15) is 6.42 Å². The van der Waals surface area contributed by atoms with E-state index in [0.29, 0.717) is 35.9 Å². The van der Waals surface area contributed by atoms with Gasteiger partial charge in [0, 0.05) is 18.1 Å². The van der Waals surface area contributed by atoms with E-state index < -0.39 is 17.4 Å². The van der Waals surface area contributed by atoms with Crippen molar-refractivity contribution in [3.05, 3.63) is 50.9 Å². The van der Waals surface area contributed by atoms with Gasteiger partial charge in [-0.1, -0.05) is 23.2 Å². The van der Waals surface area contributed by atoms with Crippen LogP contribution >= 0.6 is 23.2 Å². The van der Waals surface area contributed by atoms with Crippen molar-refractivity contribution < 1.29 is 9.90 Å². The average Bonchev–Trinajstić information content (AvgIpc) is 3.01. The van der Waals surface area contributed by atoms with Crippen LogP contribution in [0.25, 0.3) is 5.69 Å². The lowest BCUT2D eigenvalue weighted by Gasteiger charge is -2.19. The standard InChI is InChI=1S/C15H13Cl2N3O3/c16-10-1-3-11(4-2-10)20-14(21)13(17)12(7-18-20)19-6-5-9(8-19)15(22)23/h1-4,7,9H,5-6,8H2,(H,22,23). The Kier molecular flexibility index (Phi) is 4.28. The monoisotopic (exact) mass is 353 g/mol. The van der Waals surface area contributed by atoms with E-state index in [1.807, 2.05) is 0 Å². The summed E-state index contributed by atoms with van der Waals surface area (Å²) in [6.07, 6.45) is 2.01. The number of anilines is 1. The Morgan fingerprint density at radius 3 is 2.57 bits per heavy atom. The fourth-order valence-corrected chi connectivity index (χ4v) is 2.97. The number of nitrogens with zero attached hydrogens (tertiary/aromatic N) is 3. The summed E-state index contributed by atoms with van der Waals surface area (Å²) in [7, 11) is 0. The van der Waals surface area contributed by atoms with E-state index >= 15 is 0 Å². The number of hydrogen-bond donors (Lipinski definition) is 1. The van der Waals surface area contributed by atoms with Gasteiger partial charge in [0.05, 0.1) is 23.5 Å². The Balaban J connectivity index is 1.94. The molecule has 0 radical (unpaired) electrons. The van der Waals surface area contributed by atoms with Crippen molar-refractivity contribution in [2.75, 3.05) is 18.0 Å². The lowest BCUT2D eigenvalue weighted by atomic mass is 10.1. The molecule has 3 rings (SSSR count). The minimum absolute atomic E-state index is 0.0287. The molecule has 23 heavy (non-hydrogen) atoms. The number of rotatable bonds is 3. The molecular formula is C15H13Cl2N3O3. The molecule has 0 bridgehead atoms. The van der Waals surface area contributed by atoms with Crippen LogP contribution in [-0.4, -0.2) is 33.9 Å². The SMILES string of the molecule is O=C(O)C1CCN(c2cnn(-c3ccc(Cl)cc3)c(=O)c2Cl)C1. The average molecular weight is 354 g/mol. The maximum Gasteiger partial charge on any atom is 0.308 e. The first-order valence-corrected chi connectivity index (χ1v) is 7.74. The van der Waals surface area contributed by atoms with Crippen LogP contribution in [0.15, 0.2) is 35.3 Å². The van der Waals surface area contributed by atoms with Crippen molar-refractivity contribution in [3.63, 3.8) is 0 Å². The molecule has 1 fully saturated rings. The number of aromatic nitrogens is 2. The topological polar surface area (TPSA) is 75.4 Å². The molecule has 1 atom stereocenters. The van der Waals surface area contributed by atoms with E-state index in [-0.39, 0.29) is 5.02 Å². The summed E-state index contributed by atoms with van der Waals surface area (Å²) >= 11 is 12.0.